The highest BCUT2D eigenvalue weighted by molar-refractivity contribution is 6.30. The summed E-state index contributed by atoms with van der Waals surface area (Å²) >= 11 is 5.80. The van der Waals surface area contributed by atoms with Gasteiger partial charge in [0.1, 0.15) is 12.0 Å². The number of amides is 1. The summed E-state index contributed by atoms with van der Waals surface area (Å²) in [6.07, 6.45) is 3.14. The van der Waals surface area contributed by atoms with Crippen LogP contribution in [0.25, 0.3) is 0 Å². The van der Waals surface area contributed by atoms with Gasteiger partial charge in [-0.1, -0.05) is 11.6 Å². The number of fused-ring (bicyclic) bond motifs is 1. The first kappa shape index (κ1) is 21.3. The predicted molar refractivity (Wildman–Crippen MR) is 113 cm³/mol. The van der Waals surface area contributed by atoms with Crippen molar-refractivity contribution in [1.29, 1.82) is 5.26 Å². The first-order chi connectivity index (χ1) is 14.4. The molecule has 9 heteroatoms. The van der Waals surface area contributed by atoms with Crippen molar-refractivity contribution >= 4 is 23.2 Å². The van der Waals surface area contributed by atoms with E-state index in [2.05, 4.69) is 46.1 Å². The molecule has 7 nitrogen and oxygen atoms in total. The van der Waals surface area contributed by atoms with Gasteiger partial charge in [0.05, 0.1) is 22.9 Å². The van der Waals surface area contributed by atoms with Crippen molar-refractivity contribution in [3.8, 4) is 6.07 Å². The monoisotopic (exact) mass is 434 g/mol. The van der Waals surface area contributed by atoms with E-state index in [4.69, 9.17) is 11.6 Å². The van der Waals surface area contributed by atoms with Crippen molar-refractivity contribution < 1.29 is 9.18 Å². The van der Waals surface area contributed by atoms with Crippen LogP contribution in [0, 0.1) is 29.0 Å². The molecule has 3 N–H and O–H groups in total. The zero-order chi connectivity index (χ0) is 21.4. The lowest BCUT2D eigenvalue weighted by Gasteiger charge is -2.42. The molecular formula is C21H28ClFN6O. The molecule has 1 aromatic rings. The van der Waals surface area contributed by atoms with Crippen LogP contribution < -0.4 is 16.1 Å². The molecule has 1 saturated carbocycles. The van der Waals surface area contributed by atoms with Crippen LogP contribution in [0.5, 0.6) is 0 Å². The molecule has 2 saturated heterocycles. The van der Waals surface area contributed by atoms with E-state index >= 15 is 0 Å². The first-order valence-corrected chi connectivity index (χ1v) is 10.9. The van der Waals surface area contributed by atoms with Crippen LogP contribution in [0.3, 0.4) is 0 Å². The molecule has 4 rings (SSSR count). The van der Waals surface area contributed by atoms with Crippen molar-refractivity contribution in [3.05, 3.63) is 29.0 Å². The summed E-state index contributed by atoms with van der Waals surface area (Å²) in [5.74, 6) is -0.976. The molecule has 2 heterocycles. The summed E-state index contributed by atoms with van der Waals surface area (Å²) < 4.78 is 13.9. The van der Waals surface area contributed by atoms with Gasteiger partial charge in [0.2, 0.25) is 5.91 Å². The number of halogens is 2. The maximum atomic E-state index is 13.9. The topological polar surface area (TPSA) is 83.4 Å². The maximum Gasteiger partial charge on any atom is 0.228 e. The number of rotatable bonds is 4. The number of hydrogen-bond donors (Lipinski definition) is 3. The Kier molecular flexibility index (Phi) is 6.16. The number of anilines is 1. The molecule has 3 aliphatic rings. The molecule has 3 unspecified atom stereocenters. The van der Waals surface area contributed by atoms with Gasteiger partial charge in [-0.05, 0) is 58.0 Å². The number of nitrogens with zero attached hydrogens (tertiary/aromatic N) is 3. The number of carbonyl (C=O) groups excluding carboxylic acids is 1. The Hall–Kier alpha value is -1.92. The van der Waals surface area contributed by atoms with Crippen LogP contribution in [0.1, 0.15) is 25.7 Å². The summed E-state index contributed by atoms with van der Waals surface area (Å²) in [6, 6.07) is 7.47. The molecule has 2 aliphatic heterocycles. The summed E-state index contributed by atoms with van der Waals surface area (Å²) in [7, 11) is 4.11. The highest BCUT2D eigenvalue weighted by Gasteiger charge is 2.51. The van der Waals surface area contributed by atoms with E-state index in [1.165, 1.54) is 12.1 Å². The fourth-order valence-corrected chi connectivity index (χ4v) is 5.26. The van der Waals surface area contributed by atoms with Crippen molar-refractivity contribution in [3.63, 3.8) is 0 Å². The fraction of sp³-hybridized carbons (Fsp3) is 0.619. The number of hydrogen-bond acceptors (Lipinski definition) is 6. The molecule has 1 aromatic carbocycles. The second-order valence-corrected chi connectivity index (χ2v) is 9.10. The Labute approximate surface area is 181 Å². The van der Waals surface area contributed by atoms with E-state index in [-0.39, 0.29) is 41.0 Å². The number of nitrogens with one attached hydrogen (secondary N) is 3. The van der Waals surface area contributed by atoms with Gasteiger partial charge < -0.3 is 15.5 Å². The summed E-state index contributed by atoms with van der Waals surface area (Å²) in [5.41, 5.74) is 4.02. The van der Waals surface area contributed by atoms with Gasteiger partial charge in [0.15, 0.2) is 0 Å². The number of carbonyl (C=O) groups is 1. The molecule has 3 fully saturated rings. The number of piperidine rings is 1. The fourth-order valence-electron chi connectivity index (χ4n) is 5.14. The smallest absolute Gasteiger partial charge is 0.228 e. The molecular weight excluding hydrogens is 407 g/mol. The standard InChI is InChI=1S/C21H28ClFN6O/c1-28(2)14-4-6-17(12(9-14)11-24)29-18-7-8-25-21(30)19(18)20(27-29)26-13-3-5-15(22)16(23)10-13/h3,5,10,12,14,17-20,26-27H,4,6-9H2,1-2H3,(H,25,30)/t12-,14-,17+,18?,19?,20?/m1/s1. The summed E-state index contributed by atoms with van der Waals surface area (Å²) in [6.45, 7) is 0.616. The molecule has 162 valence electrons. The molecule has 1 amide bonds. The Bertz CT molecular complexity index is 845. The molecule has 0 radical (unpaired) electrons. The first-order valence-electron chi connectivity index (χ1n) is 10.5. The van der Waals surface area contributed by atoms with Crippen LogP contribution in [0.15, 0.2) is 18.2 Å². The van der Waals surface area contributed by atoms with E-state index in [0.29, 0.717) is 18.3 Å². The minimum atomic E-state index is -0.507. The quantitative estimate of drug-likeness (QED) is 0.673. The number of benzene rings is 1. The highest BCUT2D eigenvalue weighted by atomic mass is 35.5. The second kappa shape index (κ2) is 8.67. The van der Waals surface area contributed by atoms with Crippen molar-refractivity contribution in [1.82, 2.24) is 20.7 Å². The Balaban J connectivity index is 1.56. The molecule has 6 atom stereocenters. The predicted octanol–water partition coefficient (Wildman–Crippen LogP) is 2.16. The third kappa shape index (κ3) is 4.00. The number of hydrazine groups is 1. The lowest BCUT2D eigenvalue weighted by Crippen LogP contribution is -2.55. The minimum Gasteiger partial charge on any atom is -0.368 e. The normalized spacial score (nSPS) is 34.3. The van der Waals surface area contributed by atoms with E-state index in [9.17, 15) is 14.4 Å². The lowest BCUT2D eigenvalue weighted by molar-refractivity contribution is -0.128. The van der Waals surface area contributed by atoms with Gasteiger partial charge in [0, 0.05) is 30.4 Å². The SMILES string of the molecule is CN(C)[C@@H]1CC[C@H](N2NC(Nc3ccc(Cl)c(F)c3)C3C(=O)NCCC32)[C@@H](C#N)C1. The van der Waals surface area contributed by atoms with E-state index in [1.54, 1.807) is 6.07 Å². The molecule has 0 spiro atoms. The Morgan fingerprint density at radius 1 is 1.30 bits per heavy atom. The van der Waals surface area contributed by atoms with E-state index in [1.807, 2.05) is 0 Å². The van der Waals surface area contributed by atoms with Crippen molar-refractivity contribution in [2.45, 2.75) is 50.0 Å². The van der Waals surface area contributed by atoms with Crippen LogP contribution in [0.4, 0.5) is 10.1 Å². The molecule has 1 aliphatic carbocycles. The largest absolute Gasteiger partial charge is 0.368 e. The van der Waals surface area contributed by atoms with Crippen LogP contribution in [-0.2, 0) is 4.79 Å². The maximum absolute atomic E-state index is 13.9. The molecule has 0 bridgehead atoms. The Morgan fingerprint density at radius 3 is 2.80 bits per heavy atom. The van der Waals surface area contributed by atoms with Crippen molar-refractivity contribution in [2.24, 2.45) is 11.8 Å². The van der Waals surface area contributed by atoms with Crippen LogP contribution in [-0.4, -0.2) is 60.7 Å². The number of nitriles is 1. The van der Waals surface area contributed by atoms with Crippen LogP contribution in [0.2, 0.25) is 5.02 Å². The van der Waals surface area contributed by atoms with Gasteiger partial charge >= 0.3 is 0 Å². The summed E-state index contributed by atoms with van der Waals surface area (Å²) in [5, 5.41) is 18.3. The second-order valence-electron chi connectivity index (χ2n) is 8.69. The Morgan fingerprint density at radius 2 is 2.10 bits per heavy atom. The zero-order valence-electron chi connectivity index (χ0n) is 17.2. The van der Waals surface area contributed by atoms with Gasteiger partial charge in [-0.2, -0.15) is 5.26 Å². The van der Waals surface area contributed by atoms with Gasteiger partial charge in [-0.3, -0.25) is 4.79 Å². The molecule has 30 heavy (non-hydrogen) atoms. The van der Waals surface area contributed by atoms with Gasteiger partial charge in [-0.25, -0.2) is 14.8 Å². The van der Waals surface area contributed by atoms with Gasteiger partial charge in [0.25, 0.3) is 0 Å². The zero-order valence-corrected chi connectivity index (χ0v) is 18.0. The lowest BCUT2D eigenvalue weighted by atomic mass is 9.80. The third-order valence-corrected chi connectivity index (χ3v) is 7.05. The van der Waals surface area contributed by atoms with E-state index in [0.717, 1.165) is 25.7 Å². The van der Waals surface area contributed by atoms with Gasteiger partial charge in [-0.15, -0.1) is 0 Å². The summed E-state index contributed by atoms with van der Waals surface area (Å²) in [4.78, 5) is 14.9. The highest BCUT2D eigenvalue weighted by Crippen LogP contribution is 2.37. The van der Waals surface area contributed by atoms with E-state index < -0.39 is 5.82 Å². The average molecular weight is 435 g/mol. The third-order valence-electron chi connectivity index (χ3n) is 6.74. The molecule has 0 aromatic heterocycles. The minimum absolute atomic E-state index is 0.00912. The van der Waals surface area contributed by atoms with Crippen molar-refractivity contribution in [2.75, 3.05) is 26.0 Å². The average Bonchev–Trinajstić information content (AvgIpc) is 3.09. The van der Waals surface area contributed by atoms with Crippen LogP contribution >= 0.6 is 11.6 Å².